The van der Waals surface area contributed by atoms with Crippen LogP contribution in [0.5, 0.6) is 0 Å². The summed E-state index contributed by atoms with van der Waals surface area (Å²) in [6.07, 6.45) is 0.490. The number of halogens is 1. The average Bonchev–Trinajstić information content (AvgIpc) is 3.18. The van der Waals surface area contributed by atoms with E-state index in [0.29, 0.717) is 30.7 Å². The molecule has 13 heteroatoms. The lowest BCUT2D eigenvalue weighted by atomic mass is 9.85. The molecule has 0 aliphatic heterocycles. The van der Waals surface area contributed by atoms with Crippen molar-refractivity contribution in [3.8, 4) is 10.4 Å². The molecule has 222 valence electrons. The van der Waals surface area contributed by atoms with E-state index in [1.165, 1.54) is 23.1 Å². The highest BCUT2D eigenvalue weighted by atomic mass is 32.2. The van der Waals surface area contributed by atoms with Gasteiger partial charge in [-0.1, -0.05) is 0 Å². The molecule has 1 saturated carbocycles. The minimum atomic E-state index is -4.13. The van der Waals surface area contributed by atoms with Crippen LogP contribution in [0.1, 0.15) is 85.1 Å². The third-order valence-electron chi connectivity index (χ3n) is 6.36. The Morgan fingerprint density at radius 1 is 1.15 bits per heavy atom. The van der Waals surface area contributed by atoms with Gasteiger partial charge in [0.2, 0.25) is 16.0 Å². The van der Waals surface area contributed by atoms with Crippen LogP contribution in [0.4, 0.5) is 19.7 Å². The van der Waals surface area contributed by atoms with Gasteiger partial charge in [0.15, 0.2) is 0 Å². The highest BCUT2D eigenvalue weighted by Crippen LogP contribution is 2.42. The standard InChI is InChI=1S/C27H39FN4O6S2/c1-15(2)32(26(34)35)19-11-8-17(9-12-19)24-30-23(28)22(39-24)20-13-10-18(29-25(33)38-16(3)4)14-21(20)40(36,37)31-27(5,6)7/h10,13-17,19,31H,8-9,11-12H2,1-7H3,(H,29,33)(H,34,35)/t17-,19-. The molecule has 0 bridgehead atoms. The third-order valence-corrected chi connectivity index (χ3v) is 9.39. The first-order valence-electron chi connectivity index (χ1n) is 13.3. The first-order valence-corrected chi connectivity index (χ1v) is 15.6. The predicted octanol–water partition coefficient (Wildman–Crippen LogP) is 6.40. The summed E-state index contributed by atoms with van der Waals surface area (Å²) in [7, 11) is -4.13. The summed E-state index contributed by atoms with van der Waals surface area (Å²) in [5.74, 6) is -0.838. The number of nitrogens with one attached hydrogen (secondary N) is 2. The van der Waals surface area contributed by atoms with E-state index in [1.807, 2.05) is 13.8 Å². The smallest absolute Gasteiger partial charge is 0.411 e. The second-order valence-corrected chi connectivity index (χ2v) is 14.3. The Hall–Kier alpha value is -2.77. The molecule has 1 aromatic carbocycles. The van der Waals surface area contributed by atoms with Crippen molar-refractivity contribution in [1.29, 1.82) is 0 Å². The van der Waals surface area contributed by atoms with Gasteiger partial charge in [0.05, 0.1) is 20.9 Å². The van der Waals surface area contributed by atoms with E-state index in [1.54, 1.807) is 34.6 Å². The fourth-order valence-electron chi connectivity index (χ4n) is 4.89. The maximum absolute atomic E-state index is 15.3. The molecule has 1 heterocycles. The number of carbonyl (C=O) groups is 2. The van der Waals surface area contributed by atoms with Gasteiger partial charge < -0.3 is 14.7 Å². The van der Waals surface area contributed by atoms with Crippen molar-refractivity contribution in [2.75, 3.05) is 5.32 Å². The number of aromatic nitrogens is 1. The predicted molar refractivity (Wildman–Crippen MR) is 153 cm³/mol. The van der Waals surface area contributed by atoms with E-state index in [2.05, 4.69) is 15.0 Å². The number of sulfonamides is 1. The Morgan fingerprint density at radius 3 is 2.30 bits per heavy atom. The molecular weight excluding hydrogens is 559 g/mol. The second kappa shape index (κ2) is 12.4. The summed E-state index contributed by atoms with van der Waals surface area (Å²) < 4.78 is 49.9. The molecule has 0 atom stereocenters. The van der Waals surface area contributed by atoms with E-state index in [4.69, 9.17) is 4.74 Å². The largest absolute Gasteiger partial charge is 0.465 e. The van der Waals surface area contributed by atoms with Gasteiger partial charge in [0.25, 0.3) is 0 Å². The molecule has 0 spiro atoms. The highest BCUT2D eigenvalue weighted by Gasteiger charge is 2.33. The van der Waals surface area contributed by atoms with E-state index in [0.717, 1.165) is 11.3 Å². The summed E-state index contributed by atoms with van der Waals surface area (Å²) in [5.41, 5.74) is -0.502. The lowest BCUT2D eigenvalue weighted by Crippen LogP contribution is -2.45. The number of rotatable bonds is 8. The number of hydrogen-bond acceptors (Lipinski definition) is 7. The summed E-state index contributed by atoms with van der Waals surface area (Å²) >= 11 is 1.10. The van der Waals surface area contributed by atoms with Crippen LogP contribution in [-0.2, 0) is 14.8 Å². The highest BCUT2D eigenvalue weighted by molar-refractivity contribution is 7.89. The molecule has 2 amide bonds. The third kappa shape index (κ3) is 7.91. The fourth-order valence-corrected chi connectivity index (χ4v) is 7.76. The monoisotopic (exact) mass is 598 g/mol. The van der Waals surface area contributed by atoms with E-state index >= 15 is 4.39 Å². The van der Waals surface area contributed by atoms with Gasteiger partial charge in [0, 0.05) is 34.8 Å². The van der Waals surface area contributed by atoms with Gasteiger partial charge in [0.1, 0.15) is 0 Å². The van der Waals surface area contributed by atoms with Crippen molar-refractivity contribution >= 4 is 39.2 Å². The van der Waals surface area contributed by atoms with E-state index in [9.17, 15) is 23.1 Å². The molecule has 3 N–H and O–H groups in total. The van der Waals surface area contributed by atoms with Crippen LogP contribution in [0, 0.1) is 5.95 Å². The Labute approximate surface area is 239 Å². The molecule has 10 nitrogen and oxygen atoms in total. The fraction of sp³-hybridized carbons (Fsp3) is 0.593. The van der Waals surface area contributed by atoms with Gasteiger partial charge in [-0.2, -0.15) is 4.39 Å². The first-order chi connectivity index (χ1) is 18.5. The summed E-state index contributed by atoms with van der Waals surface area (Å²) in [4.78, 5) is 29.4. The van der Waals surface area contributed by atoms with Gasteiger partial charge in [-0.15, -0.1) is 11.3 Å². The number of ether oxygens (including phenoxy) is 1. The zero-order chi connectivity index (χ0) is 30.0. The minimum Gasteiger partial charge on any atom is -0.465 e. The van der Waals surface area contributed by atoms with Crippen LogP contribution in [0.2, 0.25) is 0 Å². The van der Waals surface area contributed by atoms with Crippen molar-refractivity contribution < 1.29 is 32.2 Å². The molecule has 0 unspecified atom stereocenters. The van der Waals surface area contributed by atoms with Crippen LogP contribution in [0.25, 0.3) is 10.4 Å². The first kappa shape index (κ1) is 31.8. The van der Waals surface area contributed by atoms with Crippen molar-refractivity contribution in [1.82, 2.24) is 14.6 Å². The number of hydrogen-bond donors (Lipinski definition) is 3. The van der Waals surface area contributed by atoms with Crippen LogP contribution in [0.3, 0.4) is 0 Å². The number of benzene rings is 1. The molecule has 0 radical (unpaired) electrons. The number of anilines is 1. The van der Waals surface area contributed by atoms with Crippen molar-refractivity contribution in [2.45, 2.75) is 109 Å². The summed E-state index contributed by atoms with van der Waals surface area (Å²) in [6.45, 7) is 12.1. The molecule has 40 heavy (non-hydrogen) atoms. The Balaban J connectivity index is 1.95. The average molecular weight is 599 g/mol. The molecule has 1 fully saturated rings. The number of carboxylic acid groups (broad SMARTS) is 1. The van der Waals surface area contributed by atoms with Crippen molar-refractivity contribution in [3.63, 3.8) is 0 Å². The number of thiazole rings is 1. The molecule has 0 saturated heterocycles. The van der Waals surface area contributed by atoms with Crippen molar-refractivity contribution in [3.05, 3.63) is 29.2 Å². The number of amides is 2. The molecular formula is C27H39FN4O6S2. The number of carbonyl (C=O) groups excluding carboxylic acids is 1. The van der Waals surface area contributed by atoms with Crippen LogP contribution < -0.4 is 10.0 Å². The van der Waals surface area contributed by atoms with Crippen molar-refractivity contribution in [2.24, 2.45) is 0 Å². The van der Waals surface area contributed by atoms with Crippen LogP contribution in [-0.4, -0.2) is 59.3 Å². The second-order valence-electron chi connectivity index (χ2n) is 11.6. The molecule has 1 aromatic heterocycles. The maximum Gasteiger partial charge on any atom is 0.411 e. The molecule has 3 rings (SSSR count). The topological polar surface area (TPSA) is 138 Å². The van der Waals surface area contributed by atoms with Crippen LogP contribution >= 0.6 is 11.3 Å². The summed E-state index contributed by atoms with van der Waals surface area (Å²) in [5, 5.41) is 12.7. The summed E-state index contributed by atoms with van der Waals surface area (Å²) in [6, 6.07) is 3.97. The van der Waals surface area contributed by atoms with E-state index < -0.39 is 33.7 Å². The maximum atomic E-state index is 15.3. The minimum absolute atomic E-state index is 0.0631. The lowest BCUT2D eigenvalue weighted by Gasteiger charge is -2.37. The lowest BCUT2D eigenvalue weighted by molar-refractivity contribution is 0.0906. The Kier molecular flexibility index (Phi) is 9.84. The molecule has 2 aromatic rings. The molecule has 1 aliphatic carbocycles. The Bertz CT molecular complexity index is 1330. The van der Waals surface area contributed by atoms with Gasteiger partial charge in [-0.05, 0) is 92.3 Å². The van der Waals surface area contributed by atoms with Gasteiger partial charge in [-0.3, -0.25) is 5.32 Å². The SMILES string of the molecule is CC(C)OC(=O)Nc1ccc(-c2sc([C@H]3CC[C@H](N(C(=O)O)C(C)C)CC3)nc2F)c(S(=O)(=O)NC(C)(C)C)c1. The number of nitrogens with zero attached hydrogens (tertiary/aromatic N) is 2. The van der Waals surface area contributed by atoms with E-state index in [-0.39, 0.29) is 45.1 Å². The quantitative estimate of drug-likeness (QED) is 0.320. The Morgan fingerprint density at radius 2 is 1.77 bits per heavy atom. The van der Waals surface area contributed by atoms with Crippen LogP contribution in [0.15, 0.2) is 23.1 Å². The normalized spacial score (nSPS) is 18.1. The zero-order valence-corrected chi connectivity index (χ0v) is 25.6. The van der Waals surface area contributed by atoms with Gasteiger partial charge in [-0.25, -0.2) is 27.7 Å². The molecule has 1 aliphatic rings. The van der Waals surface area contributed by atoms with Gasteiger partial charge >= 0.3 is 12.2 Å². The zero-order valence-electron chi connectivity index (χ0n) is 23.9.